The van der Waals surface area contributed by atoms with Crippen molar-refractivity contribution in [3.63, 3.8) is 0 Å². The summed E-state index contributed by atoms with van der Waals surface area (Å²) in [6.07, 6.45) is -6.95. The number of hydrogen-bond acceptors (Lipinski definition) is 2. The van der Waals surface area contributed by atoms with Crippen LogP contribution in [0.3, 0.4) is 0 Å². The highest BCUT2D eigenvalue weighted by Gasteiger charge is 2.56. The normalized spacial score (nSPS) is 13.4. The lowest BCUT2D eigenvalue weighted by Gasteiger charge is -2.18. The first kappa shape index (κ1) is 13.0. The van der Waals surface area contributed by atoms with Crippen LogP contribution in [0.5, 0.6) is 0 Å². The van der Waals surface area contributed by atoms with E-state index < -0.39 is 18.5 Å². The highest BCUT2D eigenvalue weighted by Crippen LogP contribution is 2.38. The van der Waals surface area contributed by atoms with Crippen LogP contribution >= 0.6 is 11.8 Å². The quantitative estimate of drug-likeness (QED) is 0.440. The molecule has 0 heterocycles. The predicted octanol–water partition coefficient (Wildman–Crippen LogP) is 2.65. The second kappa shape index (κ2) is 4.99. The van der Waals surface area contributed by atoms with Crippen LogP contribution in [-0.4, -0.2) is 28.9 Å². The maximum Gasteiger partial charge on any atom is 0.453 e. The van der Waals surface area contributed by atoms with Gasteiger partial charge in [-0.05, 0) is 12.2 Å². The molecular weight excluding hydrogens is 215 g/mol. The third kappa shape index (κ3) is 4.66. The lowest BCUT2D eigenvalue weighted by molar-refractivity contribution is -0.284. The summed E-state index contributed by atoms with van der Waals surface area (Å²) in [7, 11) is 0. The van der Waals surface area contributed by atoms with Gasteiger partial charge < -0.3 is 5.11 Å². The molecule has 0 aromatic rings. The Morgan fingerprint density at radius 2 is 1.62 bits per heavy atom. The van der Waals surface area contributed by atoms with E-state index in [0.717, 1.165) is 11.8 Å². The van der Waals surface area contributed by atoms with Crippen LogP contribution in [0.25, 0.3) is 0 Å². The first-order valence-electron chi connectivity index (χ1n) is 3.44. The van der Waals surface area contributed by atoms with E-state index in [9.17, 15) is 22.0 Å². The molecule has 0 radical (unpaired) electrons. The van der Waals surface area contributed by atoms with Crippen molar-refractivity contribution in [2.45, 2.75) is 24.9 Å². The molecule has 0 saturated carbocycles. The first-order valence-corrected chi connectivity index (χ1v) is 4.60. The highest BCUT2D eigenvalue weighted by atomic mass is 32.2. The summed E-state index contributed by atoms with van der Waals surface area (Å²) in [5.74, 6) is -4.78. The zero-order valence-corrected chi connectivity index (χ0v) is 7.39. The van der Waals surface area contributed by atoms with Crippen LogP contribution in [0, 0.1) is 0 Å². The van der Waals surface area contributed by atoms with Crippen molar-refractivity contribution < 1.29 is 27.1 Å². The Labute approximate surface area is 76.3 Å². The van der Waals surface area contributed by atoms with Crippen molar-refractivity contribution in [2.75, 3.05) is 11.7 Å². The average Bonchev–Trinajstić information content (AvgIpc) is 1.96. The summed E-state index contributed by atoms with van der Waals surface area (Å²) < 4.78 is 58.9. The van der Waals surface area contributed by atoms with E-state index in [1.807, 2.05) is 0 Å². The Kier molecular flexibility index (Phi) is 4.98. The molecule has 0 aliphatic rings. The SMILES string of the molecule is OCSCCCC(F)(F)C(F)(F)F. The molecule has 0 atom stereocenters. The van der Waals surface area contributed by atoms with Crippen molar-refractivity contribution in [1.29, 1.82) is 0 Å². The summed E-state index contributed by atoms with van der Waals surface area (Å²) >= 11 is 0.914. The number of halogens is 5. The monoisotopic (exact) mass is 224 g/mol. The smallest absolute Gasteiger partial charge is 0.386 e. The maximum atomic E-state index is 12.2. The first-order chi connectivity index (χ1) is 5.81. The fraction of sp³-hybridized carbons (Fsp3) is 1.00. The zero-order chi connectivity index (χ0) is 10.5. The van der Waals surface area contributed by atoms with E-state index >= 15 is 0 Å². The molecule has 0 unspecified atom stereocenters. The van der Waals surface area contributed by atoms with Crippen LogP contribution < -0.4 is 0 Å². The van der Waals surface area contributed by atoms with Gasteiger partial charge in [0, 0.05) is 6.42 Å². The standard InChI is InChI=1S/C6H9F5OS/c7-5(8,6(9,10)11)2-1-3-13-4-12/h12H,1-4H2. The number of alkyl halides is 5. The Hall–Kier alpha value is -0.0400. The molecule has 0 amide bonds. The van der Waals surface area contributed by atoms with E-state index in [1.54, 1.807) is 0 Å². The van der Waals surface area contributed by atoms with Gasteiger partial charge in [-0.3, -0.25) is 0 Å². The molecule has 1 nitrogen and oxygen atoms in total. The van der Waals surface area contributed by atoms with Gasteiger partial charge in [-0.25, -0.2) is 0 Å². The van der Waals surface area contributed by atoms with Crippen LogP contribution in [0.15, 0.2) is 0 Å². The molecule has 1 N–H and O–H groups in total. The van der Waals surface area contributed by atoms with E-state index in [4.69, 9.17) is 5.11 Å². The number of aliphatic hydroxyl groups is 1. The molecule has 0 aromatic carbocycles. The molecule has 7 heteroatoms. The zero-order valence-electron chi connectivity index (χ0n) is 6.57. The van der Waals surface area contributed by atoms with Crippen LogP contribution in [0.4, 0.5) is 22.0 Å². The summed E-state index contributed by atoms with van der Waals surface area (Å²) in [6, 6.07) is 0. The Morgan fingerprint density at radius 1 is 1.08 bits per heavy atom. The van der Waals surface area contributed by atoms with Crippen molar-refractivity contribution in [1.82, 2.24) is 0 Å². The number of thioether (sulfide) groups is 1. The molecule has 0 aliphatic heterocycles. The second-order valence-corrected chi connectivity index (χ2v) is 3.42. The average molecular weight is 224 g/mol. The summed E-state index contributed by atoms with van der Waals surface area (Å²) in [6.45, 7) is 0. The van der Waals surface area contributed by atoms with E-state index in [1.165, 1.54) is 0 Å². The van der Waals surface area contributed by atoms with Gasteiger partial charge in [-0.15, -0.1) is 11.8 Å². The van der Waals surface area contributed by atoms with E-state index in [-0.39, 0.29) is 18.1 Å². The minimum atomic E-state index is -5.46. The fourth-order valence-corrected chi connectivity index (χ4v) is 1.08. The molecule has 0 fully saturated rings. The largest absolute Gasteiger partial charge is 0.453 e. The van der Waals surface area contributed by atoms with Crippen molar-refractivity contribution in [2.24, 2.45) is 0 Å². The van der Waals surface area contributed by atoms with Gasteiger partial charge in [0.2, 0.25) is 0 Å². The Bertz CT molecular complexity index is 146. The molecule has 0 rings (SSSR count). The molecule has 0 bridgehead atoms. The van der Waals surface area contributed by atoms with Gasteiger partial charge >= 0.3 is 12.1 Å². The van der Waals surface area contributed by atoms with Crippen molar-refractivity contribution in [3.05, 3.63) is 0 Å². The maximum absolute atomic E-state index is 12.2. The fourth-order valence-electron chi connectivity index (χ4n) is 0.603. The van der Waals surface area contributed by atoms with Crippen LogP contribution in [0.2, 0.25) is 0 Å². The Morgan fingerprint density at radius 3 is 2.00 bits per heavy atom. The summed E-state index contributed by atoms with van der Waals surface area (Å²) in [5.41, 5.74) is 0. The van der Waals surface area contributed by atoms with E-state index in [2.05, 4.69) is 0 Å². The van der Waals surface area contributed by atoms with Crippen molar-refractivity contribution in [3.8, 4) is 0 Å². The Balaban J connectivity index is 3.77. The van der Waals surface area contributed by atoms with Gasteiger partial charge in [0.1, 0.15) is 0 Å². The minimum absolute atomic E-state index is 0.0994. The minimum Gasteiger partial charge on any atom is -0.386 e. The van der Waals surface area contributed by atoms with Gasteiger partial charge in [0.25, 0.3) is 0 Å². The van der Waals surface area contributed by atoms with Gasteiger partial charge in [-0.1, -0.05) is 0 Å². The second-order valence-electron chi connectivity index (χ2n) is 2.34. The van der Waals surface area contributed by atoms with Crippen LogP contribution in [0.1, 0.15) is 12.8 Å². The molecule has 80 valence electrons. The third-order valence-electron chi connectivity index (χ3n) is 1.29. The number of aliphatic hydroxyl groups excluding tert-OH is 1. The molecule has 0 aliphatic carbocycles. The highest BCUT2D eigenvalue weighted by molar-refractivity contribution is 7.99. The molecule has 0 aromatic heterocycles. The topological polar surface area (TPSA) is 20.2 Å². The summed E-state index contributed by atoms with van der Waals surface area (Å²) in [4.78, 5) is 0. The molecule has 13 heavy (non-hydrogen) atoms. The lowest BCUT2D eigenvalue weighted by atomic mass is 10.2. The molecule has 0 saturated heterocycles. The molecule has 0 spiro atoms. The predicted molar refractivity (Wildman–Crippen MR) is 39.8 cm³/mol. The van der Waals surface area contributed by atoms with Gasteiger partial charge in [-0.2, -0.15) is 22.0 Å². The number of rotatable bonds is 5. The van der Waals surface area contributed by atoms with E-state index in [0.29, 0.717) is 0 Å². The van der Waals surface area contributed by atoms with Crippen molar-refractivity contribution >= 4 is 11.8 Å². The number of hydrogen-bond donors (Lipinski definition) is 1. The van der Waals surface area contributed by atoms with Gasteiger partial charge in [0.05, 0.1) is 5.94 Å². The molecular formula is C6H9F5OS. The lowest BCUT2D eigenvalue weighted by Crippen LogP contribution is -2.36. The summed E-state index contributed by atoms with van der Waals surface area (Å²) in [5, 5.41) is 8.21. The third-order valence-corrected chi connectivity index (χ3v) is 2.05. The van der Waals surface area contributed by atoms with Crippen LogP contribution in [-0.2, 0) is 0 Å². The van der Waals surface area contributed by atoms with Gasteiger partial charge in [0.15, 0.2) is 0 Å².